The van der Waals surface area contributed by atoms with Crippen molar-refractivity contribution < 1.29 is 9.47 Å². The highest BCUT2D eigenvalue weighted by Gasteiger charge is 1.99. The maximum atomic E-state index is 5.14. The van der Waals surface area contributed by atoms with Crippen molar-refractivity contribution in [3.8, 4) is 0 Å². The molecule has 1 N–H and O–H groups in total. The lowest BCUT2D eigenvalue weighted by molar-refractivity contribution is 0.183. The van der Waals surface area contributed by atoms with Crippen molar-refractivity contribution in [3.05, 3.63) is 35.4 Å². The Labute approximate surface area is 91.4 Å². The Hall–Kier alpha value is -0.900. The molecule has 0 aromatic heterocycles. The first-order valence-corrected chi connectivity index (χ1v) is 5.14. The summed E-state index contributed by atoms with van der Waals surface area (Å²) in [5.41, 5.74) is 2.53. The zero-order valence-electron chi connectivity index (χ0n) is 9.45. The van der Waals surface area contributed by atoms with Crippen molar-refractivity contribution in [2.75, 3.05) is 27.4 Å². The second kappa shape index (κ2) is 7.40. The van der Waals surface area contributed by atoms with Gasteiger partial charge in [0.1, 0.15) is 0 Å². The Bertz CT molecular complexity index is 276. The summed E-state index contributed by atoms with van der Waals surface area (Å²) in [5, 5.41) is 3.32. The van der Waals surface area contributed by atoms with E-state index in [4.69, 9.17) is 9.47 Å². The zero-order chi connectivity index (χ0) is 10.9. The number of benzene rings is 1. The Morgan fingerprint density at radius 2 is 1.80 bits per heavy atom. The van der Waals surface area contributed by atoms with Crippen molar-refractivity contribution in [2.45, 2.75) is 13.2 Å². The minimum atomic E-state index is 0.669. The predicted molar refractivity (Wildman–Crippen MR) is 60.7 cm³/mol. The Morgan fingerprint density at radius 3 is 2.47 bits per heavy atom. The van der Waals surface area contributed by atoms with Gasteiger partial charge >= 0.3 is 0 Å². The molecule has 15 heavy (non-hydrogen) atoms. The van der Waals surface area contributed by atoms with Crippen LogP contribution in [0, 0.1) is 0 Å². The van der Waals surface area contributed by atoms with Crippen LogP contribution >= 0.6 is 0 Å². The van der Waals surface area contributed by atoms with E-state index in [1.165, 1.54) is 11.1 Å². The molecule has 0 saturated carbocycles. The van der Waals surface area contributed by atoms with E-state index < -0.39 is 0 Å². The summed E-state index contributed by atoms with van der Waals surface area (Å²) < 4.78 is 10.1. The number of hydrogen-bond acceptors (Lipinski definition) is 3. The van der Waals surface area contributed by atoms with Crippen LogP contribution in [0.25, 0.3) is 0 Å². The van der Waals surface area contributed by atoms with E-state index in [1.807, 2.05) is 12.1 Å². The van der Waals surface area contributed by atoms with E-state index in [0.29, 0.717) is 6.61 Å². The molecule has 3 nitrogen and oxygen atoms in total. The largest absolute Gasteiger partial charge is 0.383 e. The molecule has 1 aromatic carbocycles. The maximum absolute atomic E-state index is 5.14. The summed E-state index contributed by atoms with van der Waals surface area (Å²) in [5.74, 6) is 0. The summed E-state index contributed by atoms with van der Waals surface area (Å²) in [4.78, 5) is 0. The fourth-order valence-corrected chi connectivity index (χ4v) is 1.42. The van der Waals surface area contributed by atoms with Crippen LogP contribution < -0.4 is 5.32 Å². The van der Waals surface area contributed by atoms with Crippen LogP contribution in [-0.4, -0.2) is 27.4 Å². The standard InChI is InChI=1S/C12H19NO2/c1-14-8-7-13-9-11-5-3-4-6-12(11)10-15-2/h3-6,13H,7-10H2,1-2H3. The van der Waals surface area contributed by atoms with Crippen molar-refractivity contribution in [2.24, 2.45) is 0 Å². The topological polar surface area (TPSA) is 30.5 Å². The molecule has 0 fully saturated rings. The van der Waals surface area contributed by atoms with Crippen LogP contribution in [0.1, 0.15) is 11.1 Å². The Kier molecular flexibility index (Phi) is 6.00. The van der Waals surface area contributed by atoms with Gasteiger partial charge in [0.25, 0.3) is 0 Å². The van der Waals surface area contributed by atoms with Gasteiger partial charge in [-0.3, -0.25) is 0 Å². The average molecular weight is 209 g/mol. The third kappa shape index (κ3) is 4.42. The quantitative estimate of drug-likeness (QED) is 0.691. The molecule has 1 aromatic rings. The molecule has 1 rings (SSSR count). The minimum Gasteiger partial charge on any atom is -0.383 e. The fraction of sp³-hybridized carbons (Fsp3) is 0.500. The number of hydrogen-bond donors (Lipinski definition) is 1. The van der Waals surface area contributed by atoms with Gasteiger partial charge in [0.2, 0.25) is 0 Å². The van der Waals surface area contributed by atoms with E-state index in [2.05, 4.69) is 17.4 Å². The lowest BCUT2D eigenvalue weighted by atomic mass is 10.1. The molecule has 0 unspecified atom stereocenters. The molecule has 0 spiro atoms. The highest BCUT2D eigenvalue weighted by Crippen LogP contribution is 2.09. The first-order chi connectivity index (χ1) is 7.38. The number of ether oxygens (including phenoxy) is 2. The average Bonchev–Trinajstić information content (AvgIpc) is 2.27. The van der Waals surface area contributed by atoms with Gasteiger partial charge in [-0.2, -0.15) is 0 Å². The molecule has 0 aliphatic rings. The van der Waals surface area contributed by atoms with Gasteiger partial charge < -0.3 is 14.8 Å². The highest BCUT2D eigenvalue weighted by molar-refractivity contribution is 5.26. The summed E-state index contributed by atoms with van der Waals surface area (Å²) in [7, 11) is 3.43. The molecule has 0 aliphatic carbocycles. The molecule has 0 amide bonds. The number of methoxy groups -OCH3 is 2. The van der Waals surface area contributed by atoms with Crippen molar-refractivity contribution in [1.29, 1.82) is 0 Å². The molecule has 0 atom stereocenters. The van der Waals surface area contributed by atoms with Gasteiger partial charge in [-0.1, -0.05) is 24.3 Å². The second-order valence-electron chi connectivity index (χ2n) is 3.37. The van der Waals surface area contributed by atoms with E-state index in [0.717, 1.165) is 19.7 Å². The smallest absolute Gasteiger partial charge is 0.0716 e. The normalized spacial score (nSPS) is 10.5. The van der Waals surface area contributed by atoms with Crippen molar-refractivity contribution in [3.63, 3.8) is 0 Å². The van der Waals surface area contributed by atoms with Crippen molar-refractivity contribution >= 4 is 0 Å². The van der Waals surface area contributed by atoms with E-state index in [1.54, 1.807) is 14.2 Å². The van der Waals surface area contributed by atoms with Crippen LogP contribution in [0.2, 0.25) is 0 Å². The van der Waals surface area contributed by atoms with E-state index >= 15 is 0 Å². The van der Waals surface area contributed by atoms with E-state index in [-0.39, 0.29) is 0 Å². The van der Waals surface area contributed by atoms with Gasteiger partial charge in [0.15, 0.2) is 0 Å². The minimum absolute atomic E-state index is 0.669. The summed E-state index contributed by atoms with van der Waals surface area (Å²) in [6.45, 7) is 3.15. The van der Waals surface area contributed by atoms with E-state index in [9.17, 15) is 0 Å². The molecular formula is C12H19NO2. The van der Waals surface area contributed by atoms with Crippen LogP contribution in [0.15, 0.2) is 24.3 Å². The van der Waals surface area contributed by atoms with Crippen LogP contribution in [0.5, 0.6) is 0 Å². The molecule has 0 aliphatic heterocycles. The number of nitrogens with one attached hydrogen (secondary N) is 1. The summed E-state index contributed by atoms with van der Waals surface area (Å²) >= 11 is 0. The van der Waals surface area contributed by atoms with Gasteiger partial charge in [-0.25, -0.2) is 0 Å². The highest BCUT2D eigenvalue weighted by atomic mass is 16.5. The first kappa shape index (κ1) is 12.2. The lowest BCUT2D eigenvalue weighted by Crippen LogP contribution is -2.19. The van der Waals surface area contributed by atoms with Gasteiger partial charge in [0.05, 0.1) is 13.2 Å². The Morgan fingerprint density at radius 1 is 1.07 bits per heavy atom. The predicted octanol–water partition coefficient (Wildman–Crippen LogP) is 1.57. The monoisotopic (exact) mass is 209 g/mol. The SMILES string of the molecule is COCCNCc1ccccc1COC. The Balaban J connectivity index is 2.44. The number of rotatable bonds is 7. The molecule has 84 valence electrons. The van der Waals surface area contributed by atoms with Crippen LogP contribution in [-0.2, 0) is 22.6 Å². The summed E-state index contributed by atoms with van der Waals surface area (Å²) in [6, 6.07) is 8.30. The van der Waals surface area contributed by atoms with Gasteiger partial charge in [0, 0.05) is 27.3 Å². The summed E-state index contributed by atoms with van der Waals surface area (Å²) in [6.07, 6.45) is 0. The van der Waals surface area contributed by atoms with Crippen molar-refractivity contribution in [1.82, 2.24) is 5.32 Å². The molecule has 0 saturated heterocycles. The fourth-order valence-electron chi connectivity index (χ4n) is 1.42. The molecule has 0 heterocycles. The molecular weight excluding hydrogens is 190 g/mol. The van der Waals surface area contributed by atoms with Gasteiger partial charge in [-0.05, 0) is 11.1 Å². The maximum Gasteiger partial charge on any atom is 0.0716 e. The molecule has 3 heteroatoms. The third-order valence-corrected chi connectivity index (χ3v) is 2.22. The van der Waals surface area contributed by atoms with Crippen LogP contribution in [0.4, 0.5) is 0 Å². The third-order valence-electron chi connectivity index (χ3n) is 2.22. The van der Waals surface area contributed by atoms with Gasteiger partial charge in [-0.15, -0.1) is 0 Å². The molecule has 0 bridgehead atoms. The lowest BCUT2D eigenvalue weighted by Gasteiger charge is -2.09. The first-order valence-electron chi connectivity index (χ1n) is 5.14. The van der Waals surface area contributed by atoms with Crippen LogP contribution in [0.3, 0.4) is 0 Å². The zero-order valence-corrected chi connectivity index (χ0v) is 9.45. The molecule has 0 radical (unpaired) electrons. The second-order valence-corrected chi connectivity index (χ2v) is 3.37.